The van der Waals surface area contributed by atoms with Crippen LogP contribution in [0.15, 0.2) is 0 Å². The van der Waals surface area contributed by atoms with Gasteiger partial charge in [-0.2, -0.15) is 0 Å². The van der Waals surface area contributed by atoms with Crippen LogP contribution in [0.25, 0.3) is 0 Å². The van der Waals surface area contributed by atoms with E-state index >= 15 is 0 Å². The molecule has 106 valence electrons. The van der Waals surface area contributed by atoms with Crippen LogP contribution in [0.1, 0.15) is 52.4 Å². The van der Waals surface area contributed by atoms with Gasteiger partial charge >= 0.3 is 0 Å². The van der Waals surface area contributed by atoms with Crippen molar-refractivity contribution in [3.63, 3.8) is 0 Å². The van der Waals surface area contributed by atoms with Crippen molar-refractivity contribution in [3.8, 4) is 0 Å². The van der Waals surface area contributed by atoms with Gasteiger partial charge in [-0.05, 0) is 25.7 Å². The number of amides is 1. The maximum Gasteiger partial charge on any atom is 0.231 e. The van der Waals surface area contributed by atoms with E-state index in [1.807, 2.05) is 0 Å². The summed E-state index contributed by atoms with van der Waals surface area (Å²) in [5.74, 6) is -0.212. The first-order valence-electron chi connectivity index (χ1n) is 7.42. The first-order chi connectivity index (χ1) is 8.65. The largest absolute Gasteiger partial charge is 0.369 e. The molecule has 0 atom stereocenters. The minimum absolute atomic E-state index is 0.212. The third-order valence-corrected chi connectivity index (χ3v) is 3.71. The highest BCUT2D eigenvalue weighted by Gasteiger charge is 2.21. The number of nitrogens with zero attached hydrogens (tertiary/aromatic N) is 1. The Kier molecular flexibility index (Phi) is 7.28. The zero-order valence-corrected chi connectivity index (χ0v) is 12.0. The van der Waals surface area contributed by atoms with E-state index in [-0.39, 0.29) is 5.91 Å². The topological polar surface area (TPSA) is 58.4 Å². The summed E-state index contributed by atoms with van der Waals surface area (Å²) >= 11 is 0. The van der Waals surface area contributed by atoms with Crippen molar-refractivity contribution in [2.45, 2.75) is 64.5 Å². The van der Waals surface area contributed by atoms with Crippen molar-refractivity contribution in [3.05, 3.63) is 0 Å². The second kappa shape index (κ2) is 8.48. The summed E-state index contributed by atoms with van der Waals surface area (Å²) in [6.45, 7) is 6.90. The molecule has 1 aliphatic rings. The Labute approximate surface area is 111 Å². The Morgan fingerprint density at radius 1 is 1.28 bits per heavy atom. The number of hydrogen-bond acceptors (Lipinski definition) is 3. The van der Waals surface area contributed by atoms with Crippen LogP contribution in [0, 0.1) is 0 Å². The van der Waals surface area contributed by atoms with Gasteiger partial charge in [-0.3, -0.25) is 9.69 Å². The molecule has 0 aliphatic carbocycles. The van der Waals surface area contributed by atoms with Gasteiger partial charge in [-0.1, -0.05) is 26.7 Å². The fraction of sp³-hybridized carbons (Fsp3) is 0.929. The first-order valence-corrected chi connectivity index (χ1v) is 7.42. The minimum atomic E-state index is -0.212. The number of piperidine rings is 1. The number of rotatable bonds is 8. The number of primary amides is 1. The Bertz CT molecular complexity index is 231. The molecule has 0 radical (unpaired) electrons. The lowest BCUT2D eigenvalue weighted by Gasteiger charge is -2.34. The van der Waals surface area contributed by atoms with Gasteiger partial charge in [0.1, 0.15) is 0 Å². The zero-order chi connectivity index (χ0) is 13.4. The molecule has 0 bridgehead atoms. The van der Waals surface area contributed by atoms with E-state index < -0.39 is 0 Å². The molecule has 0 saturated carbocycles. The van der Waals surface area contributed by atoms with Gasteiger partial charge in [-0.25, -0.2) is 0 Å². The summed E-state index contributed by atoms with van der Waals surface area (Å²) in [6.07, 6.45) is 7.31. The van der Waals surface area contributed by atoms with Crippen molar-refractivity contribution in [1.29, 1.82) is 0 Å². The average Bonchev–Trinajstić information content (AvgIpc) is 2.31. The Balaban J connectivity index is 2.26. The maximum absolute atomic E-state index is 10.9. The van der Waals surface area contributed by atoms with Crippen molar-refractivity contribution >= 4 is 5.91 Å². The summed E-state index contributed by atoms with van der Waals surface area (Å²) in [5.41, 5.74) is 5.22. The zero-order valence-electron chi connectivity index (χ0n) is 12.0. The van der Waals surface area contributed by atoms with Gasteiger partial charge in [0.05, 0.1) is 6.54 Å². The van der Waals surface area contributed by atoms with E-state index in [4.69, 9.17) is 5.73 Å². The monoisotopic (exact) mass is 255 g/mol. The number of hydrogen-bond donors (Lipinski definition) is 2. The molecule has 4 heteroatoms. The summed E-state index contributed by atoms with van der Waals surface area (Å²) in [5, 5.41) is 3.79. The first kappa shape index (κ1) is 15.4. The van der Waals surface area contributed by atoms with Crippen molar-refractivity contribution in [1.82, 2.24) is 10.2 Å². The van der Waals surface area contributed by atoms with Crippen LogP contribution in [-0.4, -0.2) is 42.5 Å². The van der Waals surface area contributed by atoms with Crippen molar-refractivity contribution < 1.29 is 4.79 Å². The number of likely N-dealkylation sites (tertiary alicyclic amines) is 1. The van der Waals surface area contributed by atoms with Crippen LogP contribution < -0.4 is 11.1 Å². The lowest BCUT2D eigenvalue weighted by molar-refractivity contribution is -0.119. The van der Waals surface area contributed by atoms with Gasteiger partial charge in [0.2, 0.25) is 5.91 Å². The van der Waals surface area contributed by atoms with Crippen LogP contribution in [0.5, 0.6) is 0 Å². The van der Waals surface area contributed by atoms with Crippen LogP contribution >= 0.6 is 0 Å². The van der Waals surface area contributed by atoms with Crippen LogP contribution in [0.2, 0.25) is 0 Å². The number of nitrogens with one attached hydrogen (secondary N) is 1. The minimum Gasteiger partial charge on any atom is -0.369 e. The van der Waals surface area contributed by atoms with Crippen LogP contribution in [0.3, 0.4) is 0 Å². The van der Waals surface area contributed by atoms with Gasteiger partial charge in [-0.15, -0.1) is 0 Å². The summed E-state index contributed by atoms with van der Waals surface area (Å²) in [4.78, 5) is 13.0. The van der Waals surface area contributed by atoms with Gasteiger partial charge in [0.15, 0.2) is 0 Å². The van der Waals surface area contributed by atoms with Gasteiger partial charge in [0.25, 0.3) is 0 Å². The molecule has 1 aliphatic heterocycles. The normalized spacial score (nSPS) is 18.4. The predicted octanol–water partition coefficient (Wildman–Crippen LogP) is 1.49. The molecule has 1 heterocycles. The molecule has 1 rings (SSSR count). The highest BCUT2D eigenvalue weighted by Crippen LogP contribution is 2.13. The second-order valence-electron chi connectivity index (χ2n) is 5.46. The molecule has 4 nitrogen and oxygen atoms in total. The van der Waals surface area contributed by atoms with E-state index in [9.17, 15) is 4.79 Å². The summed E-state index contributed by atoms with van der Waals surface area (Å²) in [7, 11) is 0. The molecule has 0 aromatic heterocycles. The lowest BCUT2D eigenvalue weighted by Crippen LogP contribution is -2.47. The molecule has 3 N–H and O–H groups in total. The molecule has 0 aromatic carbocycles. The molecule has 1 amide bonds. The SMILES string of the molecule is CCCC(CCC)NC1CCN(CC(N)=O)CC1. The molecule has 0 spiro atoms. The summed E-state index contributed by atoms with van der Waals surface area (Å²) in [6, 6.07) is 1.30. The van der Waals surface area contributed by atoms with E-state index in [1.54, 1.807) is 0 Å². The fourth-order valence-corrected chi connectivity index (χ4v) is 2.82. The third-order valence-electron chi connectivity index (χ3n) is 3.71. The molecular formula is C14H29N3O. The number of nitrogens with two attached hydrogens (primary N) is 1. The lowest BCUT2D eigenvalue weighted by atomic mass is 10.0. The molecule has 0 aromatic rings. The summed E-state index contributed by atoms with van der Waals surface area (Å²) < 4.78 is 0. The Hall–Kier alpha value is -0.610. The van der Waals surface area contributed by atoms with Crippen LogP contribution in [-0.2, 0) is 4.79 Å². The van der Waals surface area contributed by atoms with E-state index in [0.717, 1.165) is 25.9 Å². The van der Waals surface area contributed by atoms with Crippen molar-refractivity contribution in [2.75, 3.05) is 19.6 Å². The van der Waals surface area contributed by atoms with Crippen LogP contribution in [0.4, 0.5) is 0 Å². The fourth-order valence-electron chi connectivity index (χ4n) is 2.82. The third kappa shape index (κ3) is 5.83. The quantitative estimate of drug-likeness (QED) is 0.691. The van der Waals surface area contributed by atoms with E-state index in [2.05, 4.69) is 24.1 Å². The Morgan fingerprint density at radius 2 is 1.83 bits per heavy atom. The van der Waals surface area contributed by atoms with E-state index in [0.29, 0.717) is 18.6 Å². The number of carbonyl (C=O) groups excluding carboxylic acids is 1. The molecule has 18 heavy (non-hydrogen) atoms. The Morgan fingerprint density at radius 3 is 2.28 bits per heavy atom. The molecule has 1 saturated heterocycles. The predicted molar refractivity (Wildman–Crippen MR) is 75.4 cm³/mol. The molecule has 0 unspecified atom stereocenters. The highest BCUT2D eigenvalue weighted by atomic mass is 16.1. The van der Waals surface area contributed by atoms with Crippen molar-refractivity contribution in [2.24, 2.45) is 5.73 Å². The second-order valence-corrected chi connectivity index (χ2v) is 5.46. The standard InChI is InChI=1S/C14H29N3O/c1-3-5-12(6-4-2)16-13-7-9-17(10-8-13)11-14(15)18/h12-13,16H,3-11H2,1-2H3,(H2,15,18). The molecular weight excluding hydrogens is 226 g/mol. The molecule has 1 fully saturated rings. The number of carbonyl (C=O) groups is 1. The average molecular weight is 255 g/mol. The van der Waals surface area contributed by atoms with Gasteiger partial charge in [0, 0.05) is 25.2 Å². The maximum atomic E-state index is 10.9. The smallest absolute Gasteiger partial charge is 0.231 e. The van der Waals surface area contributed by atoms with Gasteiger partial charge < -0.3 is 11.1 Å². The highest BCUT2D eigenvalue weighted by molar-refractivity contribution is 5.75. The van der Waals surface area contributed by atoms with E-state index in [1.165, 1.54) is 25.7 Å².